The van der Waals surface area contributed by atoms with Crippen molar-refractivity contribution in [1.29, 1.82) is 0 Å². The summed E-state index contributed by atoms with van der Waals surface area (Å²) < 4.78 is 32.0. The van der Waals surface area contributed by atoms with Gasteiger partial charge in [-0.15, -0.1) is 11.3 Å². The van der Waals surface area contributed by atoms with Crippen LogP contribution in [0, 0.1) is 0 Å². The molecule has 0 aromatic carbocycles. The van der Waals surface area contributed by atoms with Gasteiger partial charge in [-0.25, -0.2) is 13.1 Å². The van der Waals surface area contributed by atoms with Gasteiger partial charge in [-0.3, -0.25) is 0 Å². The van der Waals surface area contributed by atoms with Gasteiger partial charge in [0.05, 0.1) is 17.0 Å². The highest BCUT2D eigenvalue weighted by atomic mass is 32.2. The first-order valence-corrected chi connectivity index (χ1v) is 7.81. The van der Waals surface area contributed by atoms with Gasteiger partial charge in [-0.1, -0.05) is 12.2 Å². The third kappa shape index (κ3) is 3.99. The second kappa shape index (κ2) is 5.62. The summed E-state index contributed by atoms with van der Waals surface area (Å²) in [6, 6.07) is 3.09. The normalized spacial score (nSPS) is 12.6. The molecule has 5 nitrogen and oxygen atoms in total. The van der Waals surface area contributed by atoms with Gasteiger partial charge in [0, 0.05) is 7.11 Å². The van der Waals surface area contributed by atoms with E-state index in [0.717, 1.165) is 11.3 Å². The Balaban J connectivity index is 2.96. The fraction of sp³-hybridized carbons (Fsp3) is 0.500. The fourth-order valence-electron chi connectivity index (χ4n) is 1.40. The summed E-state index contributed by atoms with van der Waals surface area (Å²) in [5, 5.41) is 0. The van der Waals surface area contributed by atoms with Crippen molar-refractivity contribution in [2.45, 2.75) is 23.6 Å². The summed E-state index contributed by atoms with van der Waals surface area (Å²) in [5.74, 6) is 0. The summed E-state index contributed by atoms with van der Waals surface area (Å²) in [4.78, 5) is 0.771. The minimum absolute atomic E-state index is 0.189. The standard InChI is InChI=1S/C10H16N2O3S3/c1-10(2,6-15-3)12-18(13,14)8-5-4-7(17-8)9(11)16/h4-5,12H,6H2,1-3H3,(H2,11,16). The van der Waals surface area contributed by atoms with Gasteiger partial charge >= 0.3 is 0 Å². The highest BCUT2D eigenvalue weighted by Crippen LogP contribution is 2.22. The van der Waals surface area contributed by atoms with Crippen LogP contribution in [0.15, 0.2) is 16.3 Å². The Bertz CT molecular complexity index is 534. The lowest BCUT2D eigenvalue weighted by Gasteiger charge is -2.24. The molecule has 1 heterocycles. The summed E-state index contributed by atoms with van der Waals surface area (Å²) in [6.07, 6.45) is 0. The lowest BCUT2D eigenvalue weighted by atomic mass is 10.1. The lowest BCUT2D eigenvalue weighted by molar-refractivity contribution is 0.141. The Kier molecular flexibility index (Phi) is 4.84. The number of hydrogen-bond donors (Lipinski definition) is 2. The number of rotatable bonds is 6. The number of nitrogens with two attached hydrogens (primary N) is 1. The SMILES string of the molecule is COCC(C)(C)NS(=O)(=O)c1ccc(C(N)=S)s1. The molecule has 8 heteroatoms. The largest absolute Gasteiger partial charge is 0.389 e. The molecule has 1 aromatic rings. The Labute approximate surface area is 116 Å². The molecule has 18 heavy (non-hydrogen) atoms. The highest BCUT2D eigenvalue weighted by molar-refractivity contribution is 7.91. The van der Waals surface area contributed by atoms with E-state index in [0.29, 0.717) is 4.88 Å². The van der Waals surface area contributed by atoms with Crippen LogP contribution in [0.3, 0.4) is 0 Å². The van der Waals surface area contributed by atoms with Crippen LogP contribution in [-0.4, -0.2) is 32.7 Å². The molecule has 0 fully saturated rings. The quantitative estimate of drug-likeness (QED) is 0.769. The third-order valence-electron chi connectivity index (χ3n) is 2.00. The van der Waals surface area contributed by atoms with Gasteiger partial charge in [-0.2, -0.15) is 0 Å². The molecule has 0 aliphatic rings. The molecule has 0 aliphatic carbocycles. The molecule has 0 saturated carbocycles. The van der Waals surface area contributed by atoms with E-state index in [9.17, 15) is 8.42 Å². The van der Waals surface area contributed by atoms with Gasteiger partial charge < -0.3 is 10.5 Å². The molecule has 0 radical (unpaired) electrons. The molecule has 0 bridgehead atoms. The van der Waals surface area contributed by atoms with E-state index >= 15 is 0 Å². The first-order chi connectivity index (χ1) is 8.18. The molecule has 3 N–H and O–H groups in total. The van der Waals surface area contributed by atoms with Gasteiger partial charge in [-0.05, 0) is 26.0 Å². The molecule has 0 saturated heterocycles. The van der Waals surface area contributed by atoms with Crippen molar-refractivity contribution in [3.05, 3.63) is 17.0 Å². The molecule has 0 amide bonds. The highest BCUT2D eigenvalue weighted by Gasteiger charge is 2.27. The number of thiocarbonyl (C=S) groups is 1. The van der Waals surface area contributed by atoms with Crippen molar-refractivity contribution in [1.82, 2.24) is 4.72 Å². The molecule has 102 valence electrons. The van der Waals surface area contributed by atoms with E-state index in [1.807, 2.05) is 0 Å². The van der Waals surface area contributed by atoms with Gasteiger partial charge in [0.1, 0.15) is 9.20 Å². The van der Waals surface area contributed by atoms with Gasteiger partial charge in [0.15, 0.2) is 0 Å². The van der Waals surface area contributed by atoms with Crippen LogP contribution >= 0.6 is 23.6 Å². The fourth-order valence-corrected chi connectivity index (χ4v) is 4.15. The van der Waals surface area contributed by atoms with Gasteiger partial charge in [0.2, 0.25) is 0 Å². The van der Waals surface area contributed by atoms with Gasteiger partial charge in [0.25, 0.3) is 10.0 Å². The Morgan fingerprint density at radius 1 is 1.56 bits per heavy atom. The maximum Gasteiger partial charge on any atom is 0.250 e. The second-order valence-electron chi connectivity index (χ2n) is 4.41. The van der Waals surface area contributed by atoms with Crippen molar-refractivity contribution < 1.29 is 13.2 Å². The number of methoxy groups -OCH3 is 1. The van der Waals surface area contributed by atoms with Crippen LogP contribution in [0.1, 0.15) is 18.7 Å². The van der Waals surface area contributed by atoms with E-state index in [1.165, 1.54) is 13.2 Å². The van der Waals surface area contributed by atoms with Crippen molar-refractivity contribution in [2.75, 3.05) is 13.7 Å². The molecule has 0 atom stereocenters. The molecule has 0 aliphatic heterocycles. The number of thiophene rings is 1. The van der Waals surface area contributed by atoms with Crippen LogP contribution in [-0.2, 0) is 14.8 Å². The lowest BCUT2D eigenvalue weighted by Crippen LogP contribution is -2.46. The minimum Gasteiger partial charge on any atom is -0.389 e. The topological polar surface area (TPSA) is 81.4 Å². The maximum atomic E-state index is 12.1. The monoisotopic (exact) mass is 308 g/mol. The molecule has 0 spiro atoms. The third-order valence-corrected chi connectivity index (χ3v) is 5.66. The van der Waals surface area contributed by atoms with E-state index in [-0.39, 0.29) is 15.8 Å². The second-order valence-corrected chi connectivity index (χ2v) is 7.84. The first kappa shape index (κ1) is 15.5. The van der Waals surface area contributed by atoms with Crippen molar-refractivity contribution in [2.24, 2.45) is 5.73 Å². The van der Waals surface area contributed by atoms with Crippen molar-refractivity contribution >= 4 is 38.6 Å². The van der Waals surface area contributed by atoms with E-state index in [2.05, 4.69) is 4.72 Å². The Morgan fingerprint density at radius 2 is 2.17 bits per heavy atom. The Hall–Kier alpha value is -0.540. The summed E-state index contributed by atoms with van der Waals surface area (Å²) in [5.41, 5.74) is 4.77. The predicted molar refractivity (Wildman–Crippen MR) is 76.5 cm³/mol. The molecular formula is C10H16N2O3S3. The van der Waals surface area contributed by atoms with E-state index < -0.39 is 15.6 Å². The molecule has 1 rings (SSSR count). The number of nitrogens with one attached hydrogen (secondary N) is 1. The average Bonchev–Trinajstić information content (AvgIpc) is 2.64. The number of ether oxygens (including phenoxy) is 1. The Morgan fingerprint density at radius 3 is 2.61 bits per heavy atom. The molecular weight excluding hydrogens is 292 g/mol. The zero-order chi connectivity index (χ0) is 14.0. The summed E-state index contributed by atoms with van der Waals surface area (Å²) in [7, 11) is -2.06. The summed E-state index contributed by atoms with van der Waals surface area (Å²) in [6.45, 7) is 3.77. The predicted octanol–water partition coefficient (Wildman–Crippen LogP) is 1.09. The van der Waals surface area contributed by atoms with Crippen LogP contribution < -0.4 is 10.5 Å². The van der Waals surface area contributed by atoms with Crippen LogP contribution in [0.4, 0.5) is 0 Å². The number of hydrogen-bond acceptors (Lipinski definition) is 5. The zero-order valence-electron chi connectivity index (χ0n) is 10.4. The zero-order valence-corrected chi connectivity index (χ0v) is 12.8. The van der Waals surface area contributed by atoms with E-state index in [1.54, 1.807) is 19.9 Å². The van der Waals surface area contributed by atoms with Crippen LogP contribution in [0.2, 0.25) is 0 Å². The van der Waals surface area contributed by atoms with E-state index in [4.69, 9.17) is 22.7 Å². The van der Waals surface area contributed by atoms with Crippen molar-refractivity contribution in [3.8, 4) is 0 Å². The summed E-state index contributed by atoms with van der Waals surface area (Å²) >= 11 is 5.85. The van der Waals surface area contributed by atoms with Crippen molar-refractivity contribution in [3.63, 3.8) is 0 Å². The average molecular weight is 308 g/mol. The smallest absolute Gasteiger partial charge is 0.250 e. The van der Waals surface area contributed by atoms with Crippen LogP contribution in [0.25, 0.3) is 0 Å². The maximum absolute atomic E-state index is 12.1. The molecule has 0 unspecified atom stereocenters. The first-order valence-electron chi connectivity index (χ1n) is 5.10. The molecule has 1 aromatic heterocycles. The van der Waals surface area contributed by atoms with Crippen LogP contribution in [0.5, 0.6) is 0 Å². The number of sulfonamides is 1. The minimum atomic E-state index is -3.58.